The van der Waals surface area contributed by atoms with Crippen molar-refractivity contribution in [2.45, 2.75) is 13.5 Å². The summed E-state index contributed by atoms with van der Waals surface area (Å²) in [6.07, 6.45) is 0. The van der Waals surface area contributed by atoms with Crippen molar-refractivity contribution < 1.29 is 18.9 Å². The molecule has 1 heterocycles. The first-order valence-corrected chi connectivity index (χ1v) is 9.39. The van der Waals surface area contributed by atoms with Crippen LogP contribution in [-0.2, 0) is 6.54 Å². The Bertz CT molecular complexity index is 864. The second kappa shape index (κ2) is 11.2. The van der Waals surface area contributed by atoms with Gasteiger partial charge in [-0.1, -0.05) is 11.6 Å². The van der Waals surface area contributed by atoms with Crippen LogP contribution in [0.4, 0.5) is 5.69 Å². The highest BCUT2D eigenvalue weighted by molar-refractivity contribution is 14.0. The molecule has 0 saturated heterocycles. The molecule has 2 N–H and O–H groups in total. The Morgan fingerprint density at radius 2 is 1.97 bits per heavy atom. The highest BCUT2D eigenvalue weighted by Gasteiger charge is 2.16. The summed E-state index contributed by atoms with van der Waals surface area (Å²) in [5, 5.41) is 7.03. The van der Waals surface area contributed by atoms with Crippen LogP contribution in [0, 0.1) is 0 Å². The Labute approximate surface area is 192 Å². The molecular weight excluding hydrogens is 509 g/mol. The number of guanidine groups is 1. The Hall–Kier alpha value is -2.07. The van der Waals surface area contributed by atoms with Crippen molar-refractivity contribution in [1.29, 1.82) is 0 Å². The van der Waals surface area contributed by atoms with Crippen LogP contribution in [0.15, 0.2) is 35.3 Å². The summed E-state index contributed by atoms with van der Waals surface area (Å²) >= 11 is 6.30. The van der Waals surface area contributed by atoms with Crippen molar-refractivity contribution in [1.82, 2.24) is 5.32 Å². The minimum atomic E-state index is 0. The third kappa shape index (κ3) is 5.96. The summed E-state index contributed by atoms with van der Waals surface area (Å²) in [5.74, 6) is 3.22. The van der Waals surface area contributed by atoms with Gasteiger partial charge in [0.2, 0.25) is 0 Å². The van der Waals surface area contributed by atoms with Gasteiger partial charge in [-0.25, -0.2) is 0 Å². The molecule has 2 aromatic rings. The SMILES string of the molecule is CCOc1ccc(NC(=NC)NCc2cc(Cl)c3c(c2)OCCO3)cc1OC.I. The molecule has 7 nitrogen and oxygen atoms in total. The first-order valence-electron chi connectivity index (χ1n) is 9.01. The van der Waals surface area contributed by atoms with E-state index in [0.717, 1.165) is 11.3 Å². The minimum Gasteiger partial charge on any atom is -0.493 e. The molecule has 1 aliphatic heterocycles. The Morgan fingerprint density at radius 1 is 1.17 bits per heavy atom. The van der Waals surface area contributed by atoms with Gasteiger partial charge in [0.1, 0.15) is 13.2 Å². The molecule has 158 valence electrons. The number of nitrogens with one attached hydrogen (secondary N) is 2. The van der Waals surface area contributed by atoms with E-state index in [-0.39, 0.29) is 24.0 Å². The number of anilines is 1. The largest absolute Gasteiger partial charge is 0.493 e. The van der Waals surface area contributed by atoms with Gasteiger partial charge in [-0.15, -0.1) is 24.0 Å². The van der Waals surface area contributed by atoms with Gasteiger partial charge in [0.15, 0.2) is 29.0 Å². The maximum absolute atomic E-state index is 6.30. The quantitative estimate of drug-likeness (QED) is 0.327. The molecule has 0 aromatic heterocycles. The lowest BCUT2D eigenvalue weighted by Crippen LogP contribution is -2.30. The number of benzene rings is 2. The van der Waals surface area contributed by atoms with Gasteiger partial charge in [0.25, 0.3) is 0 Å². The fourth-order valence-electron chi connectivity index (χ4n) is 2.79. The lowest BCUT2D eigenvalue weighted by molar-refractivity contribution is 0.171. The number of hydrogen-bond acceptors (Lipinski definition) is 5. The molecule has 0 unspecified atom stereocenters. The first-order chi connectivity index (χ1) is 13.6. The van der Waals surface area contributed by atoms with E-state index in [4.69, 9.17) is 30.5 Å². The molecule has 0 saturated carbocycles. The van der Waals surface area contributed by atoms with Crippen LogP contribution in [0.1, 0.15) is 12.5 Å². The van der Waals surface area contributed by atoms with Crippen molar-refractivity contribution >= 4 is 47.2 Å². The Morgan fingerprint density at radius 3 is 2.69 bits per heavy atom. The van der Waals surface area contributed by atoms with Crippen molar-refractivity contribution in [2.24, 2.45) is 4.99 Å². The van der Waals surface area contributed by atoms with Crippen LogP contribution in [0.3, 0.4) is 0 Å². The standard InChI is InChI=1S/C20H24ClN3O4.HI/c1-4-26-16-6-5-14(11-17(16)25-3)24-20(22-2)23-12-13-9-15(21)19-18(10-13)27-7-8-28-19;/h5-6,9-11H,4,7-8,12H2,1-3H3,(H2,22,23,24);1H. The fraction of sp³-hybridized carbons (Fsp3) is 0.350. The van der Waals surface area contributed by atoms with Crippen molar-refractivity contribution in [3.63, 3.8) is 0 Å². The number of ether oxygens (including phenoxy) is 4. The number of aliphatic imine (C=N–C) groups is 1. The van der Waals surface area contributed by atoms with E-state index in [2.05, 4.69) is 15.6 Å². The predicted molar refractivity (Wildman–Crippen MR) is 126 cm³/mol. The van der Waals surface area contributed by atoms with E-state index in [1.807, 2.05) is 37.3 Å². The molecule has 0 radical (unpaired) electrons. The molecule has 3 rings (SSSR count). The van der Waals surface area contributed by atoms with Crippen LogP contribution in [0.5, 0.6) is 23.0 Å². The van der Waals surface area contributed by atoms with Crippen LogP contribution in [0.2, 0.25) is 5.02 Å². The van der Waals surface area contributed by atoms with E-state index in [9.17, 15) is 0 Å². The number of methoxy groups -OCH3 is 1. The minimum absolute atomic E-state index is 0. The van der Waals surface area contributed by atoms with Crippen LogP contribution in [-0.4, -0.2) is 39.9 Å². The van der Waals surface area contributed by atoms with Crippen LogP contribution < -0.4 is 29.6 Å². The number of halogens is 2. The van der Waals surface area contributed by atoms with E-state index < -0.39 is 0 Å². The summed E-state index contributed by atoms with van der Waals surface area (Å²) in [7, 11) is 3.32. The molecule has 0 spiro atoms. The normalized spacial score (nSPS) is 12.6. The van der Waals surface area contributed by atoms with E-state index in [0.29, 0.717) is 60.3 Å². The third-order valence-electron chi connectivity index (χ3n) is 4.07. The maximum Gasteiger partial charge on any atom is 0.195 e. The molecule has 2 aromatic carbocycles. The van der Waals surface area contributed by atoms with E-state index in [1.54, 1.807) is 14.2 Å². The van der Waals surface area contributed by atoms with Gasteiger partial charge in [0.05, 0.1) is 18.7 Å². The number of hydrogen-bond donors (Lipinski definition) is 2. The average molecular weight is 534 g/mol. The molecule has 9 heteroatoms. The summed E-state index contributed by atoms with van der Waals surface area (Å²) < 4.78 is 22.1. The lowest BCUT2D eigenvalue weighted by Gasteiger charge is -2.20. The van der Waals surface area contributed by atoms with Crippen molar-refractivity contribution in [3.8, 4) is 23.0 Å². The summed E-state index contributed by atoms with van der Waals surface area (Å²) in [6, 6.07) is 9.40. The lowest BCUT2D eigenvalue weighted by atomic mass is 10.2. The molecule has 0 amide bonds. The third-order valence-corrected chi connectivity index (χ3v) is 4.35. The molecule has 0 atom stereocenters. The average Bonchev–Trinajstić information content (AvgIpc) is 2.72. The summed E-state index contributed by atoms with van der Waals surface area (Å²) in [6.45, 7) is 4.05. The van der Waals surface area contributed by atoms with Gasteiger partial charge in [0, 0.05) is 25.3 Å². The molecule has 0 bridgehead atoms. The van der Waals surface area contributed by atoms with Gasteiger partial charge < -0.3 is 29.6 Å². The van der Waals surface area contributed by atoms with Crippen molar-refractivity contribution in [3.05, 3.63) is 40.9 Å². The zero-order chi connectivity index (χ0) is 19.9. The molecule has 0 aliphatic carbocycles. The summed E-state index contributed by atoms with van der Waals surface area (Å²) in [5.41, 5.74) is 1.79. The monoisotopic (exact) mass is 533 g/mol. The van der Waals surface area contributed by atoms with Gasteiger partial charge in [-0.2, -0.15) is 0 Å². The Balaban J connectivity index is 0.00000300. The van der Waals surface area contributed by atoms with E-state index in [1.165, 1.54) is 0 Å². The number of rotatable bonds is 6. The summed E-state index contributed by atoms with van der Waals surface area (Å²) in [4.78, 5) is 4.26. The fourth-order valence-corrected chi connectivity index (χ4v) is 3.08. The molecular formula is C20H25ClIN3O4. The topological polar surface area (TPSA) is 73.3 Å². The number of nitrogens with zero attached hydrogens (tertiary/aromatic N) is 1. The highest BCUT2D eigenvalue weighted by Crippen LogP contribution is 2.38. The zero-order valence-electron chi connectivity index (χ0n) is 16.6. The second-order valence-electron chi connectivity index (χ2n) is 5.95. The molecule has 0 fully saturated rings. The molecule has 1 aliphatic rings. The van der Waals surface area contributed by atoms with Crippen LogP contribution in [0.25, 0.3) is 0 Å². The van der Waals surface area contributed by atoms with Crippen LogP contribution >= 0.6 is 35.6 Å². The predicted octanol–water partition coefficient (Wildman–Crippen LogP) is 4.32. The first kappa shape index (κ1) is 23.2. The highest BCUT2D eigenvalue weighted by atomic mass is 127. The second-order valence-corrected chi connectivity index (χ2v) is 6.36. The van der Waals surface area contributed by atoms with Gasteiger partial charge >= 0.3 is 0 Å². The van der Waals surface area contributed by atoms with Crippen molar-refractivity contribution in [2.75, 3.05) is 39.3 Å². The van der Waals surface area contributed by atoms with Gasteiger partial charge in [-0.05, 0) is 36.8 Å². The Kier molecular flexibility index (Phi) is 8.97. The smallest absolute Gasteiger partial charge is 0.195 e. The number of fused-ring (bicyclic) bond motifs is 1. The van der Waals surface area contributed by atoms with E-state index >= 15 is 0 Å². The molecule has 29 heavy (non-hydrogen) atoms. The maximum atomic E-state index is 6.30. The zero-order valence-corrected chi connectivity index (χ0v) is 19.7. The van der Waals surface area contributed by atoms with Gasteiger partial charge in [-0.3, -0.25) is 4.99 Å².